The van der Waals surface area contributed by atoms with E-state index < -0.39 is 0 Å². The summed E-state index contributed by atoms with van der Waals surface area (Å²) in [6.45, 7) is 6.68. The number of aryl methyl sites for hydroxylation is 2. The number of benzene rings is 2. The van der Waals surface area contributed by atoms with Crippen LogP contribution >= 0.6 is 0 Å². The second-order valence-electron chi connectivity index (χ2n) is 8.49. The zero-order valence-electron chi connectivity index (χ0n) is 18.9. The minimum Gasteiger partial charge on any atom is -0.363 e. The number of nitrogens with zero attached hydrogens (tertiary/aromatic N) is 4. The number of rotatable bonds is 4. The molecule has 0 bridgehead atoms. The molecule has 6 nitrogen and oxygen atoms in total. The molecule has 2 aromatic carbocycles. The van der Waals surface area contributed by atoms with Crippen LogP contribution in [0.3, 0.4) is 0 Å². The predicted octanol–water partition coefficient (Wildman–Crippen LogP) is 3.81. The highest BCUT2D eigenvalue weighted by molar-refractivity contribution is 6.45. The number of aromatic nitrogens is 1. The fourth-order valence-electron chi connectivity index (χ4n) is 4.65. The second-order valence-corrected chi connectivity index (χ2v) is 8.49. The van der Waals surface area contributed by atoms with E-state index in [2.05, 4.69) is 14.8 Å². The summed E-state index contributed by atoms with van der Waals surface area (Å²) in [6.07, 6.45) is 1.79. The highest BCUT2D eigenvalue weighted by atomic mass is 16.2. The molecule has 3 aromatic rings. The van der Waals surface area contributed by atoms with Crippen LogP contribution in [0.4, 0.5) is 11.5 Å². The maximum atomic E-state index is 13.8. The van der Waals surface area contributed by atoms with Gasteiger partial charge in [-0.05, 0) is 43.2 Å². The van der Waals surface area contributed by atoms with Gasteiger partial charge in [-0.1, -0.05) is 54.1 Å². The van der Waals surface area contributed by atoms with E-state index in [1.807, 2.05) is 80.6 Å². The Morgan fingerprint density at radius 3 is 2.12 bits per heavy atom. The molecular formula is C27H26N4O2. The first-order chi connectivity index (χ1) is 16.0. The summed E-state index contributed by atoms with van der Waals surface area (Å²) in [6, 6.07) is 21.2. The monoisotopic (exact) mass is 438 g/mol. The average Bonchev–Trinajstić information content (AvgIpc) is 3.10. The molecule has 166 valence electrons. The summed E-state index contributed by atoms with van der Waals surface area (Å²) in [7, 11) is 0. The minimum atomic E-state index is -0.264. The normalized spacial score (nSPS) is 16.7. The number of amides is 2. The summed E-state index contributed by atoms with van der Waals surface area (Å²) in [5.41, 5.74) is 4.39. The molecule has 0 aliphatic carbocycles. The molecule has 33 heavy (non-hydrogen) atoms. The van der Waals surface area contributed by atoms with Crippen LogP contribution in [0, 0.1) is 13.8 Å². The molecular weight excluding hydrogens is 412 g/mol. The van der Waals surface area contributed by atoms with Gasteiger partial charge in [0, 0.05) is 32.4 Å². The number of hydrogen-bond acceptors (Lipinski definition) is 5. The molecule has 5 rings (SSSR count). The zero-order valence-corrected chi connectivity index (χ0v) is 18.9. The lowest BCUT2D eigenvalue weighted by Gasteiger charge is -2.37. The SMILES string of the molecule is Cc1ccc(N2C(=O)C(c3ccccc3)=C(N3CCN(c4ccccn4)CC3)C2=O)c(C)c1. The summed E-state index contributed by atoms with van der Waals surface area (Å²) in [4.78, 5) is 37.5. The van der Waals surface area contributed by atoms with E-state index in [9.17, 15) is 9.59 Å². The number of imide groups is 1. The number of carbonyl (C=O) groups excluding carboxylic acids is 2. The molecule has 0 atom stereocenters. The average molecular weight is 439 g/mol. The lowest BCUT2D eigenvalue weighted by Crippen LogP contribution is -2.48. The van der Waals surface area contributed by atoms with E-state index in [1.54, 1.807) is 6.20 Å². The van der Waals surface area contributed by atoms with Gasteiger partial charge in [0.05, 0.1) is 11.3 Å². The number of hydrogen-bond donors (Lipinski definition) is 0. The maximum Gasteiger partial charge on any atom is 0.282 e. The molecule has 1 fully saturated rings. The van der Waals surface area contributed by atoms with Crippen molar-refractivity contribution in [2.24, 2.45) is 0 Å². The first-order valence-electron chi connectivity index (χ1n) is 11.2. The molecule has 0 unspecified atom stereocenters. The van der Waals surface area contributed by atoms with E-state index in [1.165, 1.54) is 4.90 Å². The molecule has 0 N–H and O–H groups in total. The Labute approximate surface area is 193 Å². The van der Waals surface area contributed by atoms with Gasteiger partial charge in [-0.15, -0.1) is 0 Å². The van der Waals surface area contributed by atoms with Gasteiger partial charge in [-0.3, -0.25) is 9.59 Å². The number of anilines is 2. The fourth-order valence-corrected chi connectivity index (χ4v) is 4.65. The molecule has 2 aliphatic rings. The highest BCUT2D eigenvalue weighted by Crippen LogP contribution is 2.36. The summed E-state index contributed by atoms with van der Waals surface area (Å²) in [5.74, 6) is 0.414. The minimum absolute atomic E-state index is 0.253. The maximum absolute atomic E-state index is 13.8. The Balaban J connectivity index is 1.51. The number of piperazine rings is 1. The van der Waals surface area contributed by atoms with Gasteiger partial charge >= 0.3 is 0 Å². The first-order valence-corrected chi connectivity index (χ1v) is 11.2. The van der Waals surface area contributed by atoms with E-state index in [0.29, 0.717) is 30.0 Å². The van der Waals surface area contributed by atoms with Crippen LogP contribution in [0.5, 0.6) is 0 Å². The Morgan fingerprint density at radius 2 is 1.45 bits per heavy atom. The topological polar surface area (TPSA) is 56.8 Å². The van der Waals surface area contributed by atoms with Gasteiger partial charge in [0.25, 0.3) is 11.8 Å². The first kappa shape index (κ1) is 20.9. The van der Waals surface area contributed by atoms with Gasteiger partial charge in [0.2, 0.25) is 0 Å². The predicted molar refractivity (Wildman–Crippen MR) is 130 cm³/mol. The Hall–Kier alpha value is -3.93. The summed E-state index contributed by atoms with van der Waals surface area (Å²) >= 11 is 0. The van der Waals surface area contributed by atoms with E-state index in [0.717, 1.165) is 35.6 Å². The van der Waals surface area contributed by atoms with Crippen molar-refractivity contribution < 1.29 is 9.59 Å². The van der Waals surface area contributed by atoms with Crippen molar-refractivity contribution in [2.75, 3.05) is 36.0 Å². The lowest BCUT2D eigenvalue weighted by atomic mass is 10.0. The number of pyridine rings is 1. The van der Waals surface area contributed by atoms with Crippen LogP contribution in [-0.2, 0) is 9.59 Å². The lowest BCUT2D eigenvalue weighted by molar-refractivity contribution is -0.120. The Morgan fingerprint density at radius 1 is 0.758 bits per heavy atom. The summed E-state index contributed by atoms with van der Waals surface area (Å²) in [5, 5.41) is 0. The third kappa shape index (κ3) is 3.78. The van der Waals surface area contributed by atoms with Crippen LogP contribution in [0.25, 0.3) is 5.57 Å². The fraction of sp³-hybridized carbons (Fsp3) is 0.222. The molecule has 0 saturated carbocycles. The van der Waals surface area contributed by atoms with E-state index in [-0.39, 0.29) is 11.8 Å². The van der Waals surface area contributed by atoms with Gasteiger partial charge in [-0.2, -0.15) is 0 Å². The van der Waals surface area contributed by atoms with Crippen molar-refractivity contribution in [1.29, 1.82) is 0 Å². The van der Waals surface area contributed by atoms with Crippen LogP contribution in [-0.4, -0.2) is 47.9 Å². The van der Waals surface area contributed by atoms with Crippen molar-refractivity contribution in [3.8, 4) is 0 Å². The van der Waals surface area contributed by atoms with Gasteiger partial charge in [-0.25, -0.2) is 9.88 Å². The third-order valence-electron chi connectivity index (χ3n) is 6.28. The largest absolute Gasteiger partial charge is 0.363 e. The Bertz CT molecular complexity index is 1230. The molecule has 2 amide bonds. The van der Waals surface area contributed by atoms with Crippen molar-refractivity contribution in [3.05, 3.63) is 95.3 Å². The zero-order chi connectivity index (χ0) is 22.9. The highest BCUT2D eigenvalue weighted by Gasteiger charge is 2.43. The van der Waals surface area contributed by atoms with Crippen molar-refractivity contribution in [2.45, 2.75) is 13.8 Å². The molecule has 3 heterocycles. The standard InChI is InChI=1S/C27H26N4O2/c1-19-11-12-22(20(2)18-19)31-26(32)24(21-8-4-3-5-9-21)25(27(31)33)30-16-14-29(15-17-30)23-10-6-7-13-28-23/h3-13,18H,14-17H2,1-2H3. The number of carbonyl (C=O) groups is 2. The quantitative estimate of drug-likeness (QED) is 0.580. The molecule has 0 radical (unpaired) electrons. The molecule has 0 spiro atoms. The van der Waals surface area contributed by atoms with Gasteiger partial charge < -0.3 is 9.80 Å². The third-order valence-corrected chi connectivity index (χ3v) is 6.28. The molecule has 1 aromatic heterocycles. The van der Waals surface area contributed by atoms with Gasteiger partial charge in [0.1, 0.15) is 11.5 Å². The molecule has 1 saturated heterocycles. The van der Waals surface area contributed by atoms with Crippen molar-refractivity contribution >= 4 is 28.9 Å². The Kier molecular flexibility index (Phi) is 5.42. The second kappa shape index (κ2) is 8.54. The van der Waals surface area contributed by atoms with Gasteiger partial charge in [0.15, 0.2) is 0 Å². The van der Waals surface area contributed by atoms with Crippen molar-refractivity contribution in [1.82, 2.24) is 9.88 Å². The smallest absolute Gasteiger partial charge is 0.282 e. The van der Waals surface area contributed by atoms with Crippen molar-refractivity contribution in [3.63, 3.8) is 0 Å². The van der Waals surface area contributed by atoms with Crippen LogP contribution in [0.1, 0.15) is 16.7 Å². The summed E-state index contributed by atoms with van der Waals surface area (Å²) < 4.78 is 0. The van der Waals surface area contributed by atoms with Crippen LogP contribution < -0.4 is 9.80 Å². The van der Waals surface area contributed by atoms with Crippen LogP contribution in [0.2, 0.25) is 0 Å². The van der Waals surface area contributed by atoms with E-state index in [4.69, 9.17) is 0 Å². The van der Waals surface area contributed by atoms with Crippen LogP contribution in [0.15, 0.2) is 78.6 Å². The molecule has 2 aliphatic heterocycles. The van der Waals surface area contributed by atoms with E-state index >= 15 is 0 Å². The molecule has 6 heteroatoms.